The summed E-state index contributed by atoms with van der Waals surface area (Å²) in [7, 11) is 0. The zero-order valence-electron chi connectivity index (χ0n) is 19.8. The van der Waals surface area contributed by atoms with E-state index >= 15 is 0 Å². The fraction of sp³-hybridized carbons (Fsp3) is 0.143. The Morgan fingerprint density at radius 2 is 1.72 bits per heavy atom. The number of hydrogen-bond donors (Lipinski definition) is 2. The van der Waals surface area contributed by atoms with Crippen molar-refractivity contribution in [3.63, 3.8) is 0 Å². The van der Waals surface area contributed by atoms with Gasteiger partial charge in [-0.25, -0.2) is 10.2 Å². The number of halogens is 2. The molecule has 0 unspecified atom stereocenters. The molecule has 2 amide bonds. The molecule has 8 heteroatoms. The van der Waals surface area contributed by atoms with Gasteiger partial charge >= 0.3 is 6.03 Å². The van der Waals surface area contributed by atoms with Crippen molar-refractivity contribution in [1.29, 1.82) is 0 Å². The van der Waals surface area contributed by atoms with Crippen LogP contribution in [-0.4, -0.2) is 18.9 Å². The zero-order valence-corrected chi connectivity index (χ0v) is 23.0. The third kappa shape index (κ3) is 6.44. The Morgan fingerprint density at radius 3 is 2.53 bits per heavy atom. The van der Waals surface area contributed by atoms with Crippen LogP contribution in [0.25, 0.3) is 10.8 Å². The molecule has 0 aliphatic rings. The van der Waals surface area contributed by atoms with Crippen molar-refractivity contribution in [1.82, 2.24) is 5.43 Å². The number of nitrogens with zero attached hydrogens (tertiary/aromatic N) is 1. The summed E-state index contributed by atoms with van der Waals surface area (Å²) < 4.78 is 13.7. The first-order chi connectivity index (χ1) is 17.4. The largest absolute Gasteiger partial charge is 0.490 e. The van der Waals surface area contributed by atoms with Crippen LogP contribution in [0.15, 0.2) is 86.8 Å². The number of benzene rings is 4. The number of fused-ring (bicyclic) bond motifs is 1. The predicted molar refractivity (Wildman–Crippen MR) is 152 cm³/mol. The van der Waals surface area contributed by atoms with Gasteiger partial charge in [0.2, 0.25) is 0 Å². The molecular formula is C28H25Br2N3O3. The van der Waals surface area contributed by atoms with Crippen LogP contribution < -0.4 is 20.2 Å². The minimum absolute atomic E-state index is 0.401. The number of aryl methyl sites for hydroxylation is 1. The van der Waals surface area contributed by atoms with Gasteiger partial charge in [0.1, 0.15) is 6.61 Å². The number of anilines is 1. The van der Waals surface area contributed by atoms with E-state index in [-0.39, 0.29) is 0 Å². The molecular weight excluding hydrogens is 586 g/mol. The number of urea groups is 1. The highest BCUT2D eigenvalue weighted by molar-refractivity contribution is 9.10. The van der Waals surface area contributed by atoms with Crippen molar-refractivity contribution in [3.8, 4) is 11.5 Å². The van der Waals surface area contributed by atoms with Gasteiger partial charge in [-0.1, -0.05) is 58.4 Å². The Kier molecular flexibility index (Phi) is 8.61. The fourth-order valence-corrected chi connectivity index (χ4v) is 4.32. The molecule has 184 valence electrons. The van der Waals surface area contributed by atoms with Gasteiger partial charge in [0, 0.05) is 20.2 Å². The van der Waals surface area contributed by atoms with E-state index in [0.29, 0.717) is 30.4 Å². The zero-order chi connectivity index (χ0) is 25.5. The van der Waals surface area contributed by atoms with E-state index in [1.165, 1.54) is 5.39 Å². The number of rotatable bonds is 8. The summed E-state index contributed by atoms with van der Waals surface area (Å²) >= 11 is 7.02. The highest BCUT2D eigenvalue weighted by Crippen LogP contribution is 2.34. The highest BCUT2D eigenvalue weighted by atomic mass is 79.9. The Balaban J connectivity index is 1.45. The van der Waals surface area contributed by atoms with E-state index in [1.54, 1.807) is 6.21 Å². The molecule has 0 bridgehead atoms. The third-order valence-corrected chi connectivity index (χ3v) is 6.99. The number of hydrogen-bond acceptors (Lipinski definition) is 4. The van der Waals surface area contributed by atoms with Crippen molar-refractivity contribution in [2.75, 3.05) is 11.9 Å². The molecule has 0 saturated heterocycles. The molecule has 0 spiro atoms. The monoisotopic (exact) mass is 609 g/mol. The first kappa shape index (κ1) is 25.7. The van der Waals surface area contributed by atoms with Gasteiger partial charge in [0.15, 0.2) is 11.5 Å². The molecule has 0 heterocycles. The van der Waals surface area contributed by atoms with Gasteiger partial charge in [-0.3, -0.25) is 0 Å². The van der Waals surface area contributed by atoms with Gasteiger partial charge in [0.25, 0.3) is 0 Å². The van der Waals surface area contributed by atoms with Crippen LogP contribution in [0.4, 0.5) is 10.5 Å². The molecule has 0 saturated carbocycles. The van der Waals surface area contributed by atoms with Crippen LogP contribution in [0.3, 0.4) is 0 Å². The molecule has 2 N–H and O–H groups in total. The molecule has 0 fully saturated rings. The molecule has 4 rings (SSSR count). The fourth-order valence-electron chi connectivity index (χ4n) is 3.65. The second-order valence-electron chi connectivity index (χ2n) is 7.97. The van der Waals surface area contributed by atoms with Gasteiger partial charge < -0.3 is 14.8 Å². The van der Waals surface area contributed by atoms with Crippen molar-refractivity contribution in [2.24, 2.45) is 5.10 Å². The molecule has 4 aromatic carbocycles. The standard InChI is InChI=1S/C28H25Br2N3O3/c1-3-35-26-14-21(16-31-33-28(34)32-22-11-12-24(29)18(2)13-22)25(30)15-27(26)36-17-20-9-6-8-19-7-4-5-10-23(19)20/h4-16H,3,17H2,1-2H3,(H2,32,33,34)/b31-16+. The van der Waals surface area contributed by atoms with Crippen LogP contribution in [0.1, 0.15) is 23.6 Å². The molecule has 0 aliphatic heterocycles. The Labute approximate surface area is 227 Å². The SMILES string of the molecule is CCOc1cc(/C=N/NC(=O)Nc2ccc(Br)c(C)c2)c(Br)cc1OCc1cccc2ccccc12. The molecule has 0 aromatic heterocycles. The normalized spacial score (nSPS) is 11.0. The Hall–Kier alpha value is -3.36. The summed E-state index contributed by atoms with van der Waals surface area (Å²) in [6.07, 6.45) is 1.55. The molecule has 0 radical (unpaired) electrons. The number of hydrazone groups is 1. The third-order valence-electron chi connectivity index (χ3n) is 5.41. The Bertz CT molecular complexity index is 1420. The van der Waals surface area contributed by atoms with Crippen LogP contribution in [-0.2, 0) is 6.61 Å². The lowest BCUT2D eigenvalue weighted by atomic mass is 10.1. The summed E-state index contributed by atoms with van der Waals surface area (Å²) in [4.78, 5) is 12.2. The van der Waals surface area contributed by atoms with E-state index in [1.807, 2.05) is 62.4 Å². The van der Waals surface area contributed by atoms with Crippen LogP contribution in [0, 0.1) is 6.92 Å². The van der Waals surface area contributed by atoms with E-state index in [9.17, 15) is 4.79 Å². The number of ether oxygens (including phenoxy) is 2. The van der Waals surface area contributed by atoms with E-state index in [0.717, 1.165) is 31.0 Å². The number of carbonyl (C=O) groups excluding carboxylic acids is 1. The quantitative estimate of drug-likeness (QED) is 0.158. The molecule has 0 aliphatic carbocycles. The van der Waals surface area contributed by atoms with Crippen molar-refractivity contribution in [3.05, 3.63) is 98.4 Å². The van der Waals surface area contributed by atoms with E-state index < -0.39 is 6.03 Å². The number of carbonyl (C=O) groups is 1. The maximum absolute atomic E-state index is 12.2. The molecule has 4 aromatic rings. The summed E-state index contributed by atoms with van der Waals surface area (Å²) in [5.41, 5.74) is 6.01. The minimum atomic E-state index is -0.441. The summed E-state index contributed by atoms with van der Waals surface area (Å²) in [5, 5.41) is 9.16. The van der Waals surface area contributed by atoms with Crippen LogP contribution in [0.5, 0.6) is 11.5 Å². The maximum Gasteiger partial charge on any atom is 0.339 e. The smallest absolute Gasteiger partial charge is 0.339 e. The summed E-state index contributed by atoms with van der Waals surface area (Å²) in [5.74, 6) is 1.21. The van der Waals surface area contributed by atoms with Crippen molar-refractivity contribution < 1.29 is 14.3 Å². The van der Waals surface area contributed by atoms with E-state index in [4.69, 9.17) is 9.47 Å². The van der Waals surface area contributed by atoms with Crippen LogP contribution >= 0.6 is 31.9 Å². The van der Waals surface area contributed by atoms with Gasteiger partial charge in [0.05, 0.1) is 12.8 Å². The second-order valence-corrected chi connectivity index (χ2v) is 9.68. The van der Waals surface area contributed by atoms with Crippen molar-refractivity contribution >= 4 is 60.6 Å². The van der Waals surface area contributed by atoms with Gasteiger partial charge in [-0.15, -0.1) is 0 Å². The first-order valence-electron chi connectivity index (χ1n) is 11.4. The first-order valence-corrected chi connectivity index (χ1v) is 12.9. The number of nitrogens with one attached hydrogen (secondary N) is 2. The average Bonchev–Trinajstić information content (AvgIpc) is 2.87. The molecule has 6 nitrogen and oxygen atoms in total. The lowest BCUT2D eigenvalue weighted by molar-refractivity contribution is 0.252. The maximum atomic E-state index is 12.2. The topological polar surface area (TPSA) is 72.0 Å². The van der Waals surface area contributed by atoms with Gasteiger partial charge in [-0.2, -0.15) is 5.10 Å². The van der Waals surface area contributed by atoms with E-state index in [2.05, 4.69) is 72.0 Å². The van der Waals surface area contributed by atoms with Crippen LogP contribution in [0.2, 0.25) is 0 Å². The highest BCUT2D eigenvalue weighted by Gasteiger charge is 2.12. The molecule has 36 heavy (non-hydrogen) atoms. The van der Waals surface area contributed by atoms with Gasteiger partial charge in [-0.05, 0) is 82.0 Å². The Morgan fingerprint density at radius 1 is 0.944 bits per heavy atom. The minimum Gasteiger partial charge on any atom is -0.490 e. The summed E-state index contributed by atoms with van der Waals surface area (Å²) in [6, 6.07) is 23.2. The number of amides is 2. The summed E-state index contributed by atoms with van der Waals surface area (Å²) in [6.45, 7) is 4.75. The average molecular weight is 611 g/mol. The lowest BCUT2D eigenvalue weighted by Gasteiger charge is -2.15. The lowest BCUT2D eigenvalue weighted by Crippen LogP contribution is -2.24. The van der Waals surface area contributed by atoms with Crippen molar-refractivity contribution in [2.45, 2.75) is 20.5 Å². The second kappa shape index (κ2) is 12.1. The molecule has 0 atom stereocenters. The predicted octanol–water partition coefficient (Wildman–Crippen LogP) is 7.81.